The number of hydrogen-bond acceptors (Lipinski definition) is 2. The number of furan rings is 1. The van der Waals surface area contributed by atoms with Crippen molar-refractivity contribution in [2.24, 2.45) is 0 Å². The minimum atomic E-state index is 0.918. The summed E-state index contributed by atoms with van der Waals surface area (Å²) in [4.78, 5) is 2.35. The van der Waals surface area contributed by atoms with Gasteiger partial charge >= 0.3 is 0 Å². The second-order valence-corrected chi connectivity index (χ2v) is 17.3. The molecule has 0 saturated heterocycles. The number of fused-ring (bicyclic) bond motifs is 3. The number of para-hydroxylation sites is 1. The van der Waals surface area contributed by atoms with Crippen LogP contribution in [0.4, 0.5) is 17.1 Å². The first-order chi connectivity index (χ1) is 33.1. The van der Waals surface area contributed by atoms with E-state index >= 15 is 0 Å². The zero-order chi connectivity index (χ0) is 44.7. The first-order valence-corrected chi connectivity index (χ1v) is 23.0. The Bertz CT molecular complexity index is 3700. The fourth-order valence-corrected chi connectivity index (χ4v) is 9.78. The number of aryl methyl sites for hydroxylation is 1. The lowest BCUT2D eigenvalue weighted by Crippen LogP contribution is -2.09. The molecule has 0 spiro atoms. The molecule has 0 fully saturated rings. The van der Waals surface area contributed by atoms with Gasteiger partial charge in [0.1, 0.15) is 11.3 Å². The van der Waals surface area contributed by atoms with Crippen molar-refractivity contribution in [2.75, 3.05) is 4.90 Å². The van der Waals surface area contributed by atoms with E-state index in [9.17, 15) is 0 Å². The number of anilines is 3. The first-order valence-electron chi connectivity index (χ1n) is 23.0. The molecule has 1 aromatic heterocycles. The van der Waals surface area contributed by atoms with Crippen molar-refractivity contribution < 1.29 is 4.42 Å². The maximum atomic E-state index is 6.32. The van der Waals surface area contributed by atoms with Gasteiger partial charge in [-0.3, -0.25) is 0 Å². The summed E-state index contributed by atoms with van der Waals surface area (Å²) in [6, 6.07) is 91.9. The Labute approximate surface area is 391 Å². The maximum absolute atomic E-state index is 6.32. The Kier molecular flexibility index (Phi) is 10.1. The quantitative estimate of drug-likeness (QED) is 0.144. The molecular formula is C65H45NO. The van der Waals surface area contributed by atoms with E-state index in [0.717, 1.165) is 50.5 Å². The van der Waals surface area contributed by atoms with Crippen LogP contribution in [0.5, 0.6) is 0 Å². The second-order valence-electron chi connectivity index (χ2n) is 17.3. The van der Waals surface area contributed by atoms with E-state index in [1.807, 2.05) is 12.1 Å². The molecule has 2 nitrogen and oxygen atoms in total. The third-order valence-corrected chi connectivity index (χ3v) is 13.3. The molecule has 0 unspecified atom stereocenters. The molecule has 0 N–H and O–H groups in total. The minimum absolute atomic E-state index is 0.918. The van der Waals surface area contributed by atoms with Gasteiger partial charge in [-0.15, -0.1) is 0 Å². The molecule has 11 aromatic carbocycles. The van der Waals surface area contributed by atoms with Gasteiger partial charge in [0.05, 0.1) is 0 Å². The van der Waals surface area contributed by atoms with Crippen LogP contribution in [0.25, 0.3) is 99.5 Å². The molecule has 1 heterocycles. The molecule has 0 atom stereocenters. The fraction of sp³-hybridized carbons (Fsp3) is 0.0154. The summed E-state index contributed by atoms with van der Waals surface area (Å²) < 4.78 is 6.32. The van der Waals surface area contributed by atoms with Gasteiger partial charge in [-0.2, -0.15) is 0 Å². The van der Waals surface area contributed by atoms with Crippen LogP contribution in [0.1, 0.15) is 5.56 Å². The molecule has 0 aliphatic carbocycles. The number of nitrogens with zero attached hydrogens (tertiary/aromatic N) is 1. The lowest BCUT2D eigenvalue weighted by Gasteiger charge is -2.26. The Morgan fingerprint density at radius 1 is 0.284 bits per heavy atom. The minimum Gasteiger partial charge on any atom is -0.456 e. The fourth-order valence-electron chi connectivity index (χ4n) is 9.78. The van der Waals surface area contributed by atoms with Crippen LogP contribution in [0.2, 0.25) is 0 Å². The highest BCUT2D eigenvalue weighted by Crippen LogP contribution is 2.40. The molecule has 12 rings (SSSR count). The molecule has 316 valence electrons. The lowest BCUT2D eigenvalue weighted by atomic mass is 9.96. The van der Waals surface area contributed by atoms with E-state index < -0.39 is 0 Å². The van der Waals surface area contributed by atoms with Crippen LogP contribution < -0.4 is 4.90 Å². The van der Waals surface area contributed by atoms with Crippen molar-refractivity contribution in [2.45, 2.75) is 6.92 Å². The molecule has 0 amide bonds. The monoisotopic (exact) mass is 855 g/mol. The summed E-state index contributed by atoms with van der Waals surface area (Å²) >= 11 is 0. The third kappa shape index (κ3) is 7.55. The average molecular weight is 856 g/mol. The van der Waals surface area contributed by atoms with Gasteiger partial charge < -0.3 is 9.32 Å². The Hall–Kier alpha value is -8.72. The topological polar surface area (TPSA) is 16.4 Å². The van der Waals surface area contributed by atoms with Gasteiger partial charge in [-0.05, 0) is 133 Å². The number of benzene rings is 11. The predicted octanol–water partition coefficient (Wildman–Crippen LogP) is 18.5. The van der Waals surface area contributed by atoms with Crippen molar-refractivity contribution in [3.05, 3.63) is 260 Å². The second kappa shape index (κ2) is 17.0. The molecule has 0 saturated carbocycles. The van der Waals surface area contributed by atoms with Gasteiger partial charge in [0.15, 0.2) is 0 Å². The zero-order valence-electron chi connectivity index (χ0n) is 37.1. The highest BCUT2D eigenvalue weighted by atomic mass is 16.3. The van der Waals surface area contributed by atoms with Crippen molar-refractivity contribution in [3.63, 3.8) is 0 Å². The molecule has 67 heavy (non-hydrogen) atoms. The van der Waals surface area contributed by atoms with E-state index in [2.05, 4.69) is 254 Å². The van der Waals surface area contributed by atoms with Crippen molar-refractivity contribution in [1.82, 2.24) is 0 Å². The molecule has 2 heteroatoms. The van der Waals surface area contributed by atoms with Gasteiger partial charge in [-0.1, -0.05) is 206 Å². The first kappa shape index (κ1) is 39.8. The van der Waals surface area contributed by atoms with Crippen molar-refractivity contribution in [1.29, 1.82) is 0 Å². The Morgan fingerprint density at radius 3 is 1.13 bits per heavy atom. The van der Waals surface area contributed by atoms with E-state index in [-0.39, 0.29) is 0 Å². The summed E-state index contributed by atoms with van der Waals surface area (Å²) in [7, 11) is 0. The number of rotatable bonds is 9. The highest BCUT2D eigenvalue weighted by molar-refractivity contribution is 5.98. The summed E-state index contributed by atoms with van der Waals surface area (Å²) in [5, 5.41) is 6.18. The average Bonchev–Trinajstić information content (AvgIpc) is 3.75. The van der Waals surface area contributed by atoms with Gasteiger partial charge in [0, 0.05) is 33.6 Å². The molecule has 0 aliphatic rings. The standard InChI is InChI=1S/C65H45NO/c1-44-59-17-6-7-22-64(59)67-65(44)55-16-8-15-54(43-55)49-25-23-45(24-26-49)47-31-37-56(38-32-47)66(58-41-35-53(36-42-58)63-21-10-14-51-12-3-5-19-61(51)63)57-39-33-48(34-40-57)46-27-29-52(30-28-46)62-20-9-13-50-11-2-4-18-60(50)62/h2-43H,1H3. The third-order valence-electron chi connectivity index (χ3n) is 13.3. The van der Waals surface area contributed by atoms with Crippen molar-refractivity contribution >= 4 is 49.6 Å². The largest absolute Gasteiger partial charge is 0.456 e. The van der Waals surface area contributed by atoms with Crippen LogP contribution >= 0.6 is 0 Å². The maximum Gasteiger partial charge on any atom is 0.138 e. The SMILES string of the molecule is Cc1c(-c2cccc(-c3ccc(-c4ccc(N(c5ccc(-c6ccc(-c7cccc8ccccc78)cc6)cc5)c5ccc(-c6cccc7ccccc67)cc5)cc4)cc3)c2)oc2ccccc12. The summed E-state index contributed by atoms with van der Waals surface area (Å²) in [5.74, 6) is 0.924. The zero-order valence-corrected chi connectivity index (χ0v) is 37.1. The van der Waals surface area contributed by atoms with Crippen LogP contribution in [-0.2, 0) is 0 Å². The molecule has 0 bridgehead atoms. The van der Waals surface area contributed by atoms with Gasteiger partial charge in [0.25, 0.3) is 0 Å². The smallest absolute Gasteiger partial charge is 0.138 e. The summed E-state index contributed by atoms with van der Waals surface area (Å²) in [6.07, 6.45) is 0. The van der Waals surface area contributed by atoms with E-state index in [1.54, 1.807) is 0 Å². The molecule has 0 aliphatic heterocycles. The normalized spacial score (nSPS) is 11.4. The van der Waals surface area contributed by atoms with E-state index in [4.69, 9.17) is 4.42 Å². The molecule has 12 aromatic rings. The van der Waals surface area contributed by atoms with Gasteiger partial charge in [0.2, 0.25) is 0 Å². The van der Waals surface area contributed by atoms with E-state index in [1.165, 1.54) is 71.6 Å². The molecular weight excluding hydrogens is 811 g/mol. The van der Waals surface area contributed by atoms with Crippen molar-refractivity contribution in [3.8, 4) is 67.0 Å². The predicted molar refractivity (Wildman–Crippen MR) is 283 cm³/mol. The van der Waals surface area contributed by atoms with E-state index in [0.29, 0.717) is 0 Å². The Morgan fingerprint density at radius 2 is 0.642 bits per heavy atom. The summed E-state index contributed by atoms with van der Waals surface area (Å²) in [5.41, 5.74) is 18.3. The van der Waals surface area contributed by atoms with Crippen LogP contribution in [-0.4, -0.2) is 0 Å². The van der Waals surface area contributed by atoms with Gasteiger partial charge in [-0.25, -0.2) is 0 Å². The number of hydrogen-bond donors (Lipinski definition) is 0. The highest BCUT2D eigenvalue weighted by Gasteiger charge is 2.16. The summed E-state index contributed by atoms with van der Waals surface area (Å²) in [6.45, 7) is 2.14. The lowest BCUT2D eigenvalue weighted by molar-refractivity contribution is 0.629. The van der Waals surface area contributed by atoms with Crippen LogP contribution in [0, 0.1) is 6.92 Å². The molecule has 0 radical (unpaired) electrons. The van der Waals surface area contributed by atoms with Crippen LogP contribution in [0.3, 0.4) is 0 Å². The van der Waals surface area contributed by atoms with Crippen LogP contribution in [0.15, 0.2) is 259 Å². The Balaban J connectivity index is 0.845.